The second-order valence-electron chi connectivity index (χ2n) is 3.19. The Morgan fingerprint density at radius 2 is 2.18 bits per heavy atom. The first-order chi connectivity index (χ1) is 7.97. The lowest BCUT2D eigenvalue weighted by Crippen LogP contribution is -2.30. The molecule has 94 valence electrons. The van der Waals surface area contributed by atoms with Crippen molar-refractivity contribution < 1.29 is 24.9 Å². The van der Waals surface area contributed by atoms with Gasteiger partial charge in [-0.25, -0.2) is 9.78 Å². The van der Waals surface area contributed by atoms with E-state index in [9.17, 15) is 15.0 Å². The minimum Gasteiger partial charge on any atom is -0.505 e. The predicted molar refractivity (Wildman–Crippen MR) is 58.5 cm³/mol. The van der Waals surface area contributed by atoms with E-state index in [1.165, 1.54) is 12.1 Å². The summed E-state index contributed by atoms with van der Waals surface area (Å²) in [7, 11) is 0. The van der Waals surface area contributed by atoms with Gasteiger partial charge in [-0.15, -0.1) is 0 Å². The van der Waals surface area contributed by atoms with Crippen LogP contribution < -0.4 is 0 Å². The van der Waals surface area contributed by atoms with Crippen LogP contribution >= 0.6 is 11.6 Å². The quantitative estimate of drug-likeness (QED) is 0.536. The number of nitrogens with zero attached hydrogens (tertiary/aromatic N) is 1. The molecule has 0 saturated carbocycles. The van der Waals surface area contributed by atoms with E-state index in [4.69, 9.17) is 16.7 Å². The summed E-state index contributed by atoms with van der Waals surface area (Å²) >= 11 is 5.53. The van der Waals surface area contributed by atoms with Gasteiger partial charge in [-0.1, -0.05) is 11.6 Å². The Hall–Kier alpha value is -1.37. The second kappa shape index (κ2) is 5.81. The van der Waals surface area contributed by atoms with Crippen LogP contribution in [0.3, 0.4) is 0 Å². The van der Waals surface area contributed by atoms with Crippen LogP contribution in [-0.4, -0.2) is 39.0 Å². The highest BCUT2D eigenvalue weighted by Gasteiger charge is 2.28. The number of hydrogen-bond acceptors (Lipinski definition) is 6. The van der Waals surface area contributed by atoms with Gasteiger partial charge in [0.05, 0.1) is 12.3 Å². The Morgan fingerprint density at radius 1 is 1.53 bits per heavy atom. The van der Waals surface area contributed by atoms with Gasteiger partial charge in [-0.05, 0) is 19.1 Å². The molecule has 0 aromatic carbocycles. The summed E-state index contributed by atoms with van der Waals surface area (Å²) < 4.78 is 4.54. The lowest BCUT2D eigenvalue weighted by molar-refractivity contribution is -0.159. The van der Waals surface area contributed by atoms with Crippen molar-refractivity contribution in [3.05, 3.63) is 23.0 Å². The second-order valence-corrected chi connectivity index (χ2v) is 3.55. The van der Waals surface area contributed by atoms with Crippen molar-refractivity contribution in [3.63, 3.8) is 0 Å². The summed E-state index contributed by atoms with van der Waals surface area (Å²) in [6.45, 7) is 1.67. The molecule has 0 bridgehead atoms. The summed E-state index contributed by atoms with van der Waals surface area (Å²) in [6.07, 6.45) is -3.31. The fourth-order valence-electron chi connectivity index (χ4n) is 1.12. The summed E-state index contributed by atoms with van der Waals surface area (Å²) in [5.74, 6) is -1.21. The highest BCUT2D eigenvalue weighted by molar-refractivity contribution is 6.30. The van der Waals surface area contributed by atoms with Gasteiger partial charge in [0.15, 0.2) is 17.0 Å². The molecule has 17 heavy (non-hydrogen) atoms. The molecule has 0 fully saturated rings. The molecular formula is C10H12ClNO5. The Bertz CT molecular complexity index is 412. The Labute approximate surface area is 102 Å². The number of ether oxygens (including phenoxy) is 1. The highest BCUT2D eigenvalue weighted by atomic mass is 35.5. The predicted octanol–water partition coefficient (Wildman–Crippen LogP) is 0.398. The van der Waals surface area contributed by atoms with Crippen LogP contribution in [0.4, 0.5) is 0 Å². The molecule has 0 aliphatic carbocycles. The van der Waals surface area contributed by atoms with Crippen LogP contribution in [0.25, 0.3) is 0 Å². The van der Waals surface area contributed by atoms with Gasteiger partial charge in [-0.2, -0.15) is 0 Å². The van der Waals surface area contributed by atoms with E-state index in [2.05, 4.69) is 9.72 Å². The Kier molecular flexibility index (Phi) is 4.68. The number of carbonyl (C=O) groups is 1. The molecular weight excluding hydrogens is 250 g/mol. The minimum absolute atomic E-state index is 0.0339. The number of rotatable bonds is 4. The molecule has 3 N–H and O–H groups in total. The number of aromatic hydroxyl groups is 1. The first-order valence-electron chi connectivity index (χ1n) is 4.85. The van der Waals surface area contributed by atoms with E-state index >= 15 is 0 Å². The van der Waals surface area contributed by atoms with Crippen LogP contribution in [0.5, 0.6) is 5.75 Å². The maximum atomic E-state index is 11.2. The number of pyridine rings is 1. The average molecular weight is 262 g/mol. The zero-order valence-corrected chi connectivity index (χ0v) is 9.76. The summed E-state index contributed by atoms with van der Waals surface area (Å²) in [5, 5.41) is 28.0. The van der Waals surface area contributed by atoms with Crippen molar-refractivity contribution in [2.75, 3.05) is 6.61 Å². The van der Waals surface area contributed by atoms with Gasteiger partial charge in [0.2, 0.25) is 0 Å². The van der Waals surface area contributed by atoms with Gasteiger partial charge in [-0.3, -0.25) is 0 Å². The number of aliphatic hydroxyl groups excluding tert-OH is 2. The first-order valence-corrected chi connectivity index (χ1v) is 5.23. The molecule has 0 spiro atoms. The summed E-state index contributed by atoms with van der Waals surface area (Å²) in [5.41, 5.74) is -0.0339. The van der Waals surface area contributed by atoms with E-state index in [0.717, 1.165) is 0 Å². The standard InChI is InChI=1S/C10H12ClNO5/c1-2-17-10(16)8(15)7(14)5-3-4-6(13)9(11)12-5/h3-4,7-8,13-15H,2H2,1H3. The largest absolute Gasteiger partial charge is 0.505 e. The molecule has 1 aromatic heterocycles. The molecule has 0 amide bonds. The maximum Gasteiger partial charge on any atom is 0.338 e. The van der Waals surface area contributed by atoms with E-state index in [1.54, 1.807) is 6.92 Å². The van der Waals surface area contributed by atoms with Gasteiger partial charge >= 0.3 is 5.97 Å². The summed E-state index contributed by atoms with van der Waals surface area (Å²) in [6, 6.07) is 2.44. The van der Waals surface area contributed by atoms with Crippen LogP contribution in [0.2, 0.25) is 5.15 Å². The number of aliphatic hydroxyl groups is 2. The van der Waals surface area contributed by atoms with Crippen LogP contribution in [-0.2, 0) is 9.53 Å². The zero-order chi connectivity index (χ0) is 13.0. The third kappa shape index (κ3) is 3.29. The molecule has 2 unspecified atom stereocenters. The first kappa shape index (κ1) is 13.7. The van der Waals surface area contributed by atoms with Crippen molar-refractivity contribution in [2.45, 2.75) is 19.1 Å². The molecule has 7 heteroatoms. The van der Waals surface area contributed by atoms with Crippen molar-refractivity contribution in [1.29, 1.82) is 0 Å². The van der Waals surface area contributed by atoms with Crippen molar-refractivity contribution in [2.24, 2.45) is 0 Å². The lowest BCUT2D eigenvalue weighted by Gasteiger charge is -2.16. The summed E-state index contributed by atoms with van der Waals surface area (Å²) in [4.78, 5) is 14.8. The molecule has 1 heterocycles. The molecule has 6 nitrogen and oxygen atoms in total. The van der Waals surface area contributed by atoms with E-state index in [0.29, 0.717) is 0 Å². The topological polar surface area (TPSA) is 99.9 Å². The molecule has 0 radical (unpaired) electrons. The number of esters is 1. The van der Waals surface area contributed by atoms with E-state index in [-0.39, 0.29) is 23.2 Å². The van der Waals surface area contributed by atoms with E-state index < -0.39 is 18.2 Å². The normalized spacial score (nSPS) is 14.1. The number of halogens is 1. The van der Waals surface area contributed by atoms with Gasteiger partial charge < -0.3 is 20.1 Å². The third-order valence-electron chi connectivity index (χ3n) is 1.98. The highest BCUT2D eigenvalue weighted by Crippen LogP contribution is 2.24. The number of hydrogen-bond donors (Lipinski definition) is 3. The Balaban J connectivity index is 2.84. The smallest absolute Gasteiger partial charge is 0.338 e. The molecule has 1 rings (SSSR count). The number of carbonyl (C=O) groups excluding carboxylic acids is 1. The van der Waals surface area contributed by atoms with Crippen LogP contribution in [0.15, 0.2) is 12.1 Å². The molecule has 0 saturated heterocycles. The maximum absolute atomic E-state index is 11.2. The molecule has 0 aliphatic heterocycles. The van der Waals surface area contributed by atoms with Crippen molar-refractivity contribution >= 4 is 17.6 Å². The number of aromatic nitrogens is 1. The fourth-order valence-corrected chi connectivity index (χ4v) is 1.28. The Morgan fingerprint density at radius 3 is 2.71 bits per heavy atom. The van der Waals surface area contributed by atoms with Crippen LogP contribution in [0, 0.1) is 0 Å². The minimum atomic E-state index is -1.75. The fraction of sp³-hybridized carbons (Fsp3) is 0.400. The van der Waals surface area contributed by atoms with E-state index in [1.807, 2.05) is 0 Å². The molecule has 2 atom stereocenters. The SMILES string of the molecule is CCOC(=O)C(O)C(O)c1ccc(O)c(Cl)n1. The van der Waals surface area contributed by atoms with Gasteiger partial charge in [0.1, 0.15) is 6.10 Å². The average Bonchev–Trinajstić information content (AvgIpc) is 2.31. The van der Waals surface area contributed by atoms with Crippen molar-refractivity contribution in [1.82, 2.24) is 4.98 Å². The molecule has 1 aromatic rings. The lowest BCUT2D eigenvalue weighted by atomic mass is 10.1. The van der Waals surface area contributed by atoms with Crippen molar-refractivity contribution in [3.8, 4) is 5.75 Å². The van der Waals surface area contributed by atoms with Gasteiger partial charge in [0.25, 0.3) is 0 Å². The van der Waals surface area contributed by atoms with Crippen LogP contribution in [0.1, 0.15) is 18.7 Å². The zero-order valence-electron chi connectivity index (χ0n) is 9.00. The molecule has 0 aliphatic rings. The third-order valence-corrected chi connectivity index (χ3v) is 2.26. The monoisotopic (exact) mass is 261 g/mol. The van der Waals surface area contributed by atoms with Gasteiger partial charge in [0, 0.05) is 0 Å².